The van der Waals surface area contributed by atoms with Crippen LogP contribution in [0.5, 0.6) is 0 Å². The van der Waals surface area contributed by atoms with Crippen molar-refractivity contribution in [3.05, 3.63) is 74.6 Å². The predicted octanol–water partition coefficient (Wildman–Crippen LogP) is 4.48. The number of ether oxygens (including phenoxy) is 1. The van der Waals surface area contributed by atoms with E-state index in [0.717, 1.165) is 16.8 Å². The highest BCUT2D eigenvalue weighted by Crippen LogP contribution is 2.25. The van der Waals surface area contributed by atoms with Crippen LogP contribution in [-0.2, 0) is 22.6 Å². The number of hydrogen-bond acceptors (Lipinski definition) is 4. The summed E-state index contributed by atoms with van der Waals surface area (Å²) in [6.45, 7) is 1.37. The van der Waals surface area contributed by atoms with Gasteiger partial charge in [0.2, 0.25) is 0 Å². The number of benzene rings is 1. The maximum Gasteiger partial charge on any atom is 0.333 e. The second-order valence-electron chi connectivity index (χ2n) is 5.34. The van der Waals surface area contributed by atoms with Gasteiger partial charge in [0.1, 0.15) is 11.8 Å². The minimum atomic E-state index is -0.335. The third-order valence-corrected chi connectivity index (χ3v) is 4.54. The van der Waals surface area contributed by atoms with Crippen molar-refractivity contribution in [3.8, 4) is 0 Å². The number of hydrogen-bond donors (Lipinski definition) is 0. The van der Waals surface area contributed by atoms with Gasteiger partial charge in [-0.25, -0.2) is 9.78 Å². The number of pyridine rings is 1. The Balaban J connectivity index is 1.84. The molecule has 0 saturated carbocycles. The molecule has 0 saturated heterocycles. The second-order valence-corrected chi connectivity index (χ2v) is 6.54. The number of aromatic nitrogens is 1. The average molecular weight is 384 g/mol. The summed E-state index contributed by atoms with van der Waals surface area (Å²) < 4.78 is 5.03. The zero-order chi connectivity index (χ0) is 17.1. The maximum absolute atomic E-state index is 11.4. The Kier molecular flexibility index (Phi) is 5.29. The highest BCUT2D eigenvalue weighted by Gasteiger charge is 2.20. The van der Waals surface area contributed by atoms with Crippen LogP contribution in [0.1, 0.15) is 11.1 Å². The summed E-state index contributed by atoms with van der Waals surface area (Å²) in [5, 5.41) is 1.44. The van der Waals surface area contributed by atoms with Crippen LogP contribution in [0, 0.1) is 0 Å². The number of halogens is 3. The minimum Gasteiger partial charge on any atom is -0.456 e. The first kappa shape index (κ1) is 17.1. The lowest BCUT2D eigenvalue weighted by Crippen LogP contribution is -2.23. The fourth-order valence-electron chi connectivity index (χ4n) is 2.38. The van der Waals surface area contributed by atoms with Crippen LogP contribution in [0.4, 0.5) is 0 Å². The predicted molar refractivity (Wildman–Crippen MR) is 94.0 cm³/mol. The van der Waals surface area contributed by atoms with Gasteiger partial charge in [0, 0.05) is 25.4 Å². The first-order chi connectivity index (χ1) is 11.5. The Morgan fingerprint density at radius 3 is 2.42 bits per heavy atom. The number of cyclic esters (lactones) is 1. The fourth-order valence-corrected chi connectivity index (χ4v) is 2.82. The molecule has 2 aromatic rings. The molecule has 1 aliphatic heterocycles. The van der Waals surface area contributed by atoms with Crippen molar-refractivity contribution >= 4 is 40.8 Å². The van der Waals surface area contributed by atoms with E-state index in [1.807, 2.05) is 23.1 Å². The molecule has 1 aliphatic rings. The highest BCUT2D eigenvalue weighted by molar-refractivity contribution is 6.42. The molecule has 24 heavy (non-hydrogen) atoms. The van der Waals surface area contributed by atoms with Crippen LogP contribution in [0.3, 0.4) is 0 Å². The molecule has 0 spiro atoms. The van der Waals surface area contributed by atoms with E-state index < -0.39 is 0 Å². The number of carbonyl (C=O) groups excluding carboxylic acids is 1. The van der Waals surface area contributed by atoms with Crippen molar-refractivity contribution in [3.63, 3.8) is 0 Å². The molecule has 0 bridgehead atoms. The van der Waals surface area contributed by atoms with E-state index in [1.54, 1.807) is 18.3 Å². The van der Waals surface area contributed by atoms with Crippen LogP contribution in [0.2, 0.25) is 15.2 Å². The molecule has 2 heterocycles. The van der Waals surface area contributed by atoms with E-state index in [1.165, 1.54) is 6.08 Å². The summed E-state index contributed by atoms with van der Waals surface area (Å²) in [6.07, 6.45) is 3.21. The molecule has 4 nitrogen and oxygen atoms in total. The lowest BCUT2D eigenvalue weighted by atomic mass is 10.1. The van der Waals surface area contributed by atoms with Gasteiger partial charge in [-0.2, -0.15) is 0 Å². The molecule has 0 atom stereocenters. The van der Waals surface area contributed by atoms with Gasteiger partial charge in [0.05, 0.1) is 15.7 Å². The topological polar surface area (TPSA) is 42.4 Å². The van der Waals surface area contributed by atoms with Crippen molar-refractivity contribution in [1.82, 2.24) is 9.88 Å². The molecule has 7 heteroatoms. The van der Waals surface area contributed by atoms with Crippen molar-refractivity contribution in [2.75, 3.05) is 6.61 Å². The Bertz CT molecular complexity index is 791. The van der Waals surface area contributed by atoms with Gasteiger partial charge >= 0.3 is 5.97 Å². The summed E-state index contributed by atoms with van der Waals surface area (Å²) >= 11 is 17.9. The van der Waals surface area contributed by atoms with Crippen LogP contribution >= 0.6 is 34.8 Å². The van der Waals surface area contributed by atoms with E-state index >= 15 is 0 Å². The molecule has 0 unspecified atom stereocenters. The molecular formula is C17H13Cl3N2O2. The molecule has 124 valence electrons. The van der Waals surface area contributed by atoms with Gasteiger partial charge in [-0.05, 0) is 29.3 Å². The summed E-state index contributed by atoms with van der Waals surface area (Å²) in [6, 6.07) is 9.11. The normalized spacial score (nSPS) is 13.6. The van der Waals surface area contributed by atoms with Crippen molar-refractivity contribution in [2.24, 2.45) is 0 Å². The Hall–Kier alpha value is -1.75. The highest BCUT2D eigenvalue weighted by atomic mass is 35.5. The van der Waals surface area contributed by atoms with Gasteiger partial charge in [-0.15, -0.1) is 0 Å². The lowest BCUT2D eigenvalue weighted by molar-refractivity contribution is -0.135. The Labute approximate surface area is 154 Å². The van der Waals surface area contributed by atoms with E-state index in [-0.39, 0.29) is 12.6 Å². The smallest absolute Gasteiger partial charge is 0.333 e. The van der Waals surface area contributed by atoms with Crippen molar-refractivity contribution in [2.45, 2.75) is 13.1 Å². The average Bonchev–Trinajstić information content (AvgIpc) is 2.99. The largest absolute Gasteiger partial charge is 0.456 e. The van der Waals surface area contributed by atoms with Gasteiger partial charge in [-0.1, -0.05) is 46.9 Å². The van der Waals surface area contributed by atoms with Gasteiger partial charge in [0.15, 0.2) is 0 Å². The molecule has 0 radical (unpaired) electrons. The number of esters is 1. The molecule has 0 amide bonds. The van der Waals surface area contributed by atoms with E-state index in [9.17, 15) is 4.79 Å². The second kappa shape index (κ2) is 7.43. The molecule has 1 aromatic carbocycles. The summed E-state index contributed by atoms with van der Waals surface area (Å²) in [4.78, 5) is 17.5. The van der Waals surface area contributed by atoms with Crippen molar-refractivity contribution in [1.29, 1.82) is 0 Å². The molecule has 0 aliphatic carbocycles. The quantitative estimate of drug-likeness (QED) is 0.564. The Morgan fingerprint density at radius 1 is 1.04 bits per heavy atom. The zero-order valence-corrected chi connectivity index (χ0v) is 14.8. The first-order valence-corrected chi connectivity index (χ1v) is 8.31. The third kappa shape index (κ3) is 4.20. The third-order valence-electron chi connectivity index (χ3n) is 3.57. The maximum atomic E-state index is 11.4. The summed E-state index contributed by atoms with van der Waals surface area (Å²) in [5.74, 6) is -0.335. The zero-order valence-electron chi connectivity index (χ0n) is 12.5. The molecule has 0 fully saturated rings. The number of carbonyl (C=O) groups is 1. The lowest BCUT2D eigenvalue weighted by Gasteiger charge is -2.25. The number of rotatable bonds is 5. The minimum absolute atomic E-state index is 0.251. The van der Waals surface area contributed by atoms with Gasteiger partial charge in [0.25, 0.3) is 0 Å². The van der Waals surface area contributed by atoms with E-state index in [2.05, 4.69) is 4.98 Å². The molecule has 1 aromatic heterocycles. The monoisotopic (exact) mass is 382 g/mol. The van der Waals surface area contributed by atoms with E-state index in [4.69, 9.17) is 39.5 Å². The molecule has 0 N–H and O–H groups in total. The van der Waals surface area contributed by atoms with Gasteiger partial charge in [-0.3, -0.25) is 0 Å². The SMILES string of the molecule is O=C1C=C(N(Cc2ccc(Cl)nc2)Cc2ccc(Cl)c(Cl)c2)CO1. The summed E-state index contributed by atoms with van der Waals surface area (Å²) in [5.41, 5.74) is 2.76. The van der Waals surface area contributed by atoms with Crippen LogP contribution in [-0.4, -0.2) is 22.5 Å². The van der Waals surface area contributed by atoms with Crippen LogP contribution < -0.4 is 0 Å². The van der Waals surface area contributed by atoms with E-state index in [0.29, 0.717) is 28.3 Å². The standard InChI is InChI=1S/C17H13Cl3N2O2/c18-14-3-1-11(5-15(14)19)8-22(13-6-17(23)24-10-13)9-12-2-4-16(20)21-7-12/h1-7H,8-10H2. The number of nitrogens with zero attached hydrogens (tertiary/aromatic N) is 2. The molecular weight excluding hydrogens is 371 g/mol. The molecule has 3 rings (SSSR count). The van der Waals surface area contributed by atoms with Crippen LogP contribution in [0.25, 0.3) is 0 Å². The van der Waals surface area contributed by atoms with Crippen molar-refractivity contribution < 1.29 is 9.53 Å². The first-order valence-electron chi connectivity index (χ1n) is 7.18. The summed E-state index contributed by atoms with van der Waals surface area (Å²) in [7, 11) is 0. The Morgan fingerprint density at radius 2 is 1.79 bits per heavy atom. The van der Waals surface area contributed by atoms with Crippen LogP contribution in [0.15, 0.2) is 48.3 Å². The fraction of sp³-hybridized carbons (Fsp3) is 0.176. The van der Waals surface area contributed by atoms with Gasteiger partial charge < -0.3 is 9.64 Å².